The molecule has 1 saturated carbocycles. The lowest BCUT2D eigenvalue weighted by Gasteiger charge is -2.40. The summed E-state index contributed by atoms with van der Waals surface area (Å²) in [5, 5.41) is 21.5. The summed E-state index contributed by atoms with van der Waals surface area (Å²) in [4.78, 5) is 22.7. The molecule has 2 amide bonds. The zero-order valence-electron chi connectivity index (χ0n) is 19.4. The summed E-state index contributed by atoms with van der Waals surface area (Å²) in [6.07, 6.45) is -1.91. The van der Waals surface area contributed by atoms with E-state index in [1.165, 1.54) is 0 Å². The second-order valence-corrected chi connectivity index (χ2v) is 12.0. The van der Waals surface area contributed by atoms with Crippen LogP contribution in [0.3, 0.4) is 0 Å². The third-order valence-electron chi connectivity index (χ3n) is 6.16. The van der Waals surface area contributed by atoms with E-state index in [4.69, 9.17) is 28.9 Å². The molecule has 0 aliphatic heterocycles. The van der Waals surface area contributed by atoms with Crippen LogP contribution in [0.5, 0.6) is 0 Å². The molecule has 0 saturated heterocycles. The Hall–Kier alpha value is -3.68. The number of carbonyl (C=O) groups is 2. The summed E-state index contributed by atoms with van der Waals surface area (Å²) >= 11 is 11.9. The van der Waals surface area contributed by atoms with Crippen LogP contribution in [-0.2, 0) is 16.8 Å². The standard InChI is InChI=1S/C22H14Cl2F7N5O3S/c23-12-6-11(40(27,28,29,30)31)7-13(24)18(12)36-19(16(15(8-32)34-36)22(4-5-22)20(33)37)35(21(38)39)9-10-2-1-3-14(25)17(10)26/h1-3,6-7H,4-5,9H2,(H2,33,37)(H,38,39). The molecule has 1 aliphatic rings. The van der Waals surface area contributed by atoms with Gasteiger partial charge in [-0.15, -0.1) is 0 Å². The van der Waals surface area contributed by atoms with E-state index in [0.29, 0.717) is 9.58 Å². The van der Waals surface area contributed by atoms with Gasteiger partial charge in [-0.25, -0.2) is 18.3 Å². The second-order valence-electron chi connectivity index (χ2n) is 8.80. The molecule has 18 heteroatoms. The van der Waals surface area contributed by atoms with Crippen molar-refractivity contribution >= 4 is 51.2 Å². The van der Waals surface area contributed by atoms with E-state index in [-0.39, 0.29) is 25.0 Å². The lowest BCUT2D eigenvalue weighted by Crippen LogP contribution is -2.35. The lowest BCUT2D eigenvalue weighted by atomic mass is 9.94. The highest BCUT2D eigenvalue weighted by Crippen LogP contribution is 3.02. The van der Waals surface area contributed by atoms with E-state index in [0.717, 1.165) is 18.2 Å². The van der Waals surface area contributed by atoms with Gasteiger partial charge >= 0.3 is 16.3 Å². The minimum Gasteiger partial charge on any atom is -0.465 e. The molecular formula is C22H14Cl2F7N5O3S. The van der Waals surface area contributed by atoms with E-state index >= 15 is 0 Å². The fourth-order valence-corrected chi connectivity index (χ4v) is 5.58. The van der Waals surface area contributed by atoms with Gasteiger partial charge in [0.15, 0.2) is 17.3 Å². The smallest absolute Gasteiger partial charge is 0.413 e. The number of hydrogen-bond donors (Lipinski definition) is 2. The van der Waals surface area contributed by atoms with Gasteiger partial charge in [0.25, 0.3) is 0 Å². The quantitative estimate of drug-likeness (QED) is 0.267. The van der Waals surface area contributed by atoms with Crippen molar-refractivity contribution in [3.8, 4) is 11.8 Å². The molecule has 0 unspecified atom stereocenters. The first-order chi connectivity index (χ1) is 18.2. The van der Waals surface area contributed by atoms with Crippen LogP contribution in [0.25, 0.3) is 5.69 Å². The number of carbonyl (C=O) groups excluding carboxylic acids is 1. The van der Waals surface area contributed by atoms with Crippen molar-refractivity contribution in [1.29, 1.82) is 5.26 Å². The average Bonchev–Trinajstić information content (AvgIpc) is 3.54. The van der Waals surface area contributed by atoms with Crippen LogP contribution in [0.1, 0.15) is 29.7 Å². The highest BCUT2D eigenvalue weighted by molar-refractivity contribution is 8.45. The van der Waals surface area contributed by atoms with Gasteiger partial charge in [0.05, 0.1) is 22.0 Å². The van der Waals surface area contributed by atoms with Crippen LogP contribution in [0.4, 0.5) is 38.8 Å². The zero-order valence-corrected chi connectivity index (χ0v) is 21.8. The van der Waals surface area contributed by atoms with Crippen LogP contribution in [0, 0.1) is 23.0 Å². The number of halogens is 9. The van der Waals surface area contributed by atoms with Crippen LogP contribution < -0.4 is 10.6 Å². The van der Waals surface area contributed by atoms with Gasteiger partial charge < -0.3 is 10.8 Å². The number of anilines is 1. The van der Waals surface area contributed by atoms with Gasteiger partial charge in [0.1, 0.15) is 22.5 Å². The van der Waals surface area contributed by atoms with Crippen LogP contribution in [0.2, 0.25) is 10.0 Å². The number of nitrogens with zero attached hydrogens (tertiary/aromatic N) is 4. The van der Waals surface area contributed by atoms with Crippen molar-refractivity contribution in [3.63, 3.8) is 0 Å². The maximum absolute atomic E-state index is 14.5. The van der Waals surface area contributed by atoms with Crippen molar-refractivity contribution in [2.45, 2.75) is 29.7 Å². The number of nitriles is 1. The summed E-state index contributed by atoms with van der Waals surface area (Å²) in [7, 11) is -10.3. The topological polar surface area (TPSA) is 125 Å². The molecule has 1 fully saturated rings. The van der Waals surface area contributed by atoms with Gasteiger partial charge in [0, 0.05) is 11.1 Å². The van der Waals surface area contributed by atoms with Crippen molar-refractivity contribution < 1.29 is 42.9 Å². The van der Waals surface area contributed by atoms with Gasteiger partial charge in [-0.3, -0.25) is 9.69 Å². The molecule has 1 aromatic heterocycles. The number of nitrogens with two attached hydrogens (primary N) is 1. The van der Waals surface area contributed by atoms with E-state index in [1.807, 2.05) is 0 Å². The molecule has 0 atom stereocenters. The first-order valence-electron chi connectivity index (χ1n) is 10.7. The van der Waals surface area contributed by atoms with Crippen molar-refractivity contribution in [3.05, 3.63) is 68.8 Å². The first-order valence-corrected chi connectivity index (χ1v) is 13.4. The number of benzene rings is 2. The fourth-order valence-electron chi connectivity index (χ4n) is 4.12. The molecule has 40 heavy (non-hydrogen) atoms. The summed E-state index contributed by atoms with van der Waals surface area (Å²) in [5.74, 6) is -4.55. The zero-order chi connectivity index (χ0) is 30.1. The van der Waals surface area contributed by atoms with Gasteiger partial charge in [-0.1, -0.05) is 54.8 Å². The fraction of sp³-hybridized carbons (Fsp3) is 0.182. The SMILES string of the molecule is N#Cc1nn(-c2c(Cl)cc(S(F)(F)(F)(F)F)cc2Cl)c(N(Cc2cccc(F)c2F)C(=O)O)c1C1(C(N)=O)CC1. The number of amides is 2. The lowest BCUT2D eigenvalue weighted by molar-refractivity contribution is -0.120. The minimum atomic E-state index is -10.3. The van der Waals surface area contributed by atoms with E-state index in [2.05, 4.69) is 5.10 Å². The Bertz CT molecular complexity index is 1630. The molecule has 3 aromatic rings. The van der Waals surface area contributed by atoms with Gasteiger partial charge in [-0.05, 0) is 31.0 Å². The Morgan fingerprint density at radius 1 is 1.15 bits per heavy atom. The van der Waals surface area contributed by atoms with Crippen LogP contribution in [-0.4, -0.2) is 26.9 Å². The predicted molar refractivity (Wildman–Crippen MR) is 130 cm³/mol. The summed E-state index contributed by atoms with van der Waals surface area (Å²) in [6, 6.07) is 4.11. The molecule has 8 nitrogen and oxygen atoms in total. The Balaban J connectivity index is 2.08. The number of primary amides is 1. The Labute approximate surface area is 230 Å². The molecule has 3 N–H and O–H groups in total. The Morgan fingerprint density at radius 3 is 2.17 bits per heavy atom. The van der Waals surface area contributed by atoms with Crippen molar-refractivity contribution in [2.24, 2.45) is 5.73 Å². The summed E-state index contributed by atoms with van der Waals surface area (Å²) < 4.78 is 96.1. The molecule has 0 bridgehead atoms. The molecular weight excluding hydrogens is 618 g/mol. The van der Waals surface area contributed by atoms with E-state index in [9.17, 15) is 48.2 Å². The Kier molecular flexibility index (Phi) is 6.34. The first kappa shape index (κ1) is 29.3. The van der Waals surface area contributed by atoms with Crippen molar-refractivity contribution in [1.82, 2.24) is 9.78 Å². The molecule has 0 spiro atoms. The largest absolute Gasteiger partial charge is 0.465 e. The molecule has 0 radical (unpaired) electrons. The molecule has 1 aliphatic carbocycles. The number of aromatic nitrogens is 2. The maximum Gasteiger partial charge on any atom is 0.413 e. The van der Waals surface area contributed by atoms with E-state index in [1.54, 1.807) is 6.07 Å². The summed E-state index contributed by atoms with van der Waals surface area (Å²) in [5.41, 5.74) is 1.47. The number of carboxylic acid groups (broad SMARTS) is 1. The number of rotatable bonds is 7. The van der Waals surface area contributed by atoms with Gasteiger partial charge in [-0.2, -0.15) is 10.4 Å². The second kappa shape index (κ2) is 8.66. The predicted octanol–water partition coefficient (Wildman–Crippen LogP) is 7.19. The maximum atomic E-state index is 14.5. The van der Waals surface area contributed by atoms with Crippen molar-refractivity contribution in [2.75, 3.05) is 4.90 Å². The summed E-state index contributed by atoms with van der Waals surface area (Å²) in [6.45, 7) is -0.976. The highest BCUT2D eigenvalue weighted by atomic mass is 35.5. The van der Waals surface area contributed by atoms with E-state index < -0.39 is 89.1 Å². The molecule has 2 aromatic carbocycles. The monoisotopic (exact) mass is 631 g/mol. The van der Waals surface area contributed by atoms with Gasteiger partial charge in [0.2, 0.25) is 5.91 Å². The molecule has 214 valence electrons. The third-order valence-corrected chi connectivity index (χ3v) is 7.86. The minimum absolute atomic E-state index is 0.0118. The number of hydrogen-bond acceptors (Lipinski definition) is 4. The van der Waals surface area contributed by atoms with Crippen LogP contribution in [0.15, 0.2) is 35.2 Å². The molecule has 1 heterocycles. The Morgan fingerprint density at radius 2 is 1.73 bits per heavy atom. The van der Waals surface area contributed by atoms with Crippen LogP contribution >= 0.6 is 33.4 Å². The third kappa shape index (κ3) is 5.00. The molecule has 4 rings (SSSR count). The normalized spacial score (nSPS) is 16.0. The highest BCUT2D eigenvalue weighted by Gasteiger charge is 2.66. The average molecular weight is 632 g/mol.